The summed E-state index contributed by atoms with van der Waals surface area (Å²) in [5.41, 5.74) is 4.59. The van der Waals surface area contributed by atoms with E-state index in [9.17, 15) is 14.4 Å². The van der Waals surface area contributed by atoms with E-state index in [0.29, 0.717) is 27.6 Å². The summed E-state index contributed by atoms with van der Waals surface area (Å²) in [4.78, 5) is 35.9. The van der Waals surface area contributed by atoms with E-state index >= 15 is 0 Å². The fraction of sp³-hybridized carbons (Fsp3) is 0.0435. The maximum atomic E-state index is 12.1. The number of halogens is 1. The minimum Gasteiger partial charge on any atom is -0.423 e. The van der Waals surface area contributed by atoms with E-state index in [1.54, 1.807) is 60.7 Å². The number of hydrogen-bond acceptors (Lipinski definition) is 5. The molecule has 0 aliphatic rings. The lowest BCUT2D eigenvalue weighted by molar-refractivity contribution is -0.136. The number of amides is 2. The minimum atomic E-state index is -0.945. The van der Waals surface area contributed by atoms with Crippen molar-refractivity contribution in [2.24, 2.45) is 5.10 Å². The average molecular weight is 436 g/mol. The number of nitrogens with one attached hydrogen (secondary N) is 2. The first-order valence-electron chi connectivity index (χ1n) is 9.20. The van der Waals surface area contributed by atoms with Gasteiger partial charge < -0.3 is 10.1 Å². The van der Waals surface area contributed by atoms with E-state index in [2.05, 4.69) is 15.8 Å². The van der Waals surface area contributed by atoms with Crippen LogP contribution in [0.2, 0.25) is 5.02 Å². The molecule has 8 heteroatoms. The Hall–Kier alpha value is -3.97. The maximum Gasteiger partial charge on any atom is 0.343 e. The summed E-state index contributed by atoms with van der Waals surface area (Å²) >= 11 is 5.94. The predicted octanol–water partition coefficient (Wildman–Crippen LogP) is 3.96. The van der Waals surface area contributed by atoms with Gasteiger partial charge in [0.2, 0.25) is 0 Å². The van der Waals surface area contributed by atoms with Gasteiger partial charge in [0.1, 0.15) is 5.75 Å². The highest BCUT2D eigenvalue weighted by atomic mass is 35.5. The molecule has 0 bridgehead atoms. The van der Waals surface area contributed by atoms with Gasteiger partial charge in [-0.3, -0.25) is 9.59 Å². The molecule has 0 fully saturated rings. The topological polar surface area (TPSA) is 96.9 Å². The zero-order valence-corrected chi connectivity index (χ0v) is 17.2. The van der Waals surface area contributed by atoms with Crippen molar-refractivity contribution in [1.82, 2.24) is 5.43 Å². The number of carbonyl (C=O) groups is 3. The molecule has 0 saturated carbocycles. The second-order valence-electron chi connectivity index (χ2n) is 6.46. The van der Waals surface area contributed by atoms with Crippen molar-refractivity contribution in [1.29, 1.82) is 0 Å². The summed E-state index contributed by atoms with van der Waals surface area (Å²) in [5.74, 6) is -1.94. The number of benzene rings is 3. The third-order valence-corrected chi connectivity index (χ3v) is 4.42. The molecule has 0 aromatic heterocycles. The predicted molar refractivity (Wildman–Crippen MR) is 118 cm³/mol. The van der Waals surface area contributed by atoms with E-state index in [4.69, 9.17) is 16.3 Å². The summed E-state index contributed by atoms with van der Waals surface area (Å²) in [6, 6.07) is 20.1. The summed E-state index contributed by atoms with van der Waals surface area (Å²) in [6.45, 7) is 1.93. The van der Waals surface area contributed by atoms with Crippen LogP contribution in [0.5, 0.6) is 5.75 Å². The van der Waals surface area contributed by atoms with Crippen molar-refractivity contribution >= 4 is 41.3 Å². The number of esters is 1. The number of hydrogen-bond donors (Lipinski definition) is 2. The van der Waals surface area contributed by atoms with E-state index in [0.717, 1.165) is 5.56 Å². The van der Waals surface area contributed by atoms with E-state index in [-0.39, 0.29) is 0 Å². The molecule has 0 aliphatic carbocycles. The van der Waals surface area contributed by atoms with Gasteiger partial charge in [-0.15, -0.1) is 0 Å². The van der Waals surface area contributed by atoms with Crippen molar-refractivity contribution < 1.29 is 19.1 Å². The molecular weight excluding hydrogens is 418 g/mol. The normalized spacial score (nSPS) is 10.5. The van der Waals surface area contributed by atoms with E-state index < -0.39 is 17.8 Å². The van der Waals surface area contributed by atoms with Gasteiger partial charge in [-0.2, -0.15) is 5.10 Å². The van der Waals surface area contributed by atoms with Crippen LogP contribution in [-0.2, 0) is 9.59 Å². The van der Waals surface area contributed by atoms with Crippen molar-refractivity contribution in [3.63, 3.8) is 0 Å². The van der Waals surface area contributed by atoms with Gasteiger partial charge in [0, 0.05) is 0 Å². The van der Waals surface area contributed by atoms with Crippen molar-refractivity contribution in [2.75, 3.05) is 5.32 Å². The highest BCUT2D eigenvalue weighted by molar-refractivity contribution is 6.41. The SMILES string of the molecule is Cc1ccc(C(=O)Oc2ccc(C=NNC(=O)C(=O)Nc3ccccc3Cl)cc2)cc1. The molecule has 0 saturated heterocycles. The summed E-state index contributed by atoms with van der Waals surface area (Å²) in [7, 11) is 0. The van der Waals surface area contributed by atoms with E-state index in [1.807, 2.05) is 19.1 Å². The van der Waals surface area contributed by atoms with Gasteiger partial charge in [-0.1, -0.05) is 41.4 Å². The molecule has 31 heavy (non-hydrogen) atoms. The van der Waals surface area contributed by atoms with Crippen LogP contribution in [-0.4, -0.2) is 24.0 Å². The Kier molecular flexibility index (Phi) is 7.13. The molecule has 0 radical (unpaired) electrons. The third-order valence-electron chi connectivity index (χ3n) is 4.09. The second-order valence-corrected chi connectivity index (χ2v) is 6.86. The maximum absolute atomic E-state index is 12.1. The lowest BCUT2D eigenvalue weighted by Crippen LogP contribution is -2.32. The van der Waals surface area contributed by atoms with Gasteiger partial charge in [-0.25, -0.2) is 10.2 Å². The van der Waals surface area contributed by atoms with Crippen molar-refractivity contribution in [3.8, 4) is 5.75 Å². The highest BCUT2D eigenvalue weighted by Gasteiger charge is 2.14. The molecule has 3 aromatic rings. The molecule has 3 rings (SSSR count). The lowest BCUT2D eigenvalue weighted by atomic mass is 10.1. The minimum absolute atomic E-state index is 0.315. The zero-order valence-electron chi connectivity index (χ0n) is 16.5. The molecule has 0 unspecified atom stereocenters. The Balaban J connectivity index is 1.51. The molecule has 0 aliphatic heterocycles. The fourth-order valence-corrected chi connectivity index (χ4v) is 2.62. The van der Waals surface area contributed by atoms with Gasteiger partial charge in [0.25, 0.3) is 0 Å². The number of carbonyl (C=O) groups excluding carboxylic acids is 3. The van der Waals surface area contributed by atoms with Crippen LogP contribution in [0.15, 0.2) is 77.9 Å². The smallest absolute Gasteiger partial charge is 0.343 e. The number of para-hydroxylation sites is 1. The highest BCUT2D eigenvalue weighted by Crippen LogP contribution is 2.20. The van der Waals surface area contributed by atoms with Crippen LogP contribution < -0.4 is 15.5 Å². The van der Waals surface area contributed by atoms with Gasteiger partial charge in [0.05, 0.1) is 22.5 Å². The Morgan fingerprint density at radius 3 is 2.26 bits per heavy atom. The second kappa shape index (κ2) is 10.2. The van der Waals surface area contributed by atoms with Crippen LogP contribution in [0.1, 0.15) is 21.5 Å². The van der Waals surface area contributed by atoms with Gasteiger partial charge in [-0.05, 0) is 61.0 Å². The Labute approximate surface area is 183 Å². The largest absolute Gasteiger partial charge is 0.423 e. The summed E-state index contributed by atoms with van der Waals surface area (Å²) in [6.07, 6.45) is 1.35. The Morgan fingerprint density at radius 2 is 1.58 bits per heavy atom. The quantitative estimate of drug-likeness (QED) is 0.208. The number of nitrogens with zero attached hydrogens (tertiary/aromatic N) is 1. The molecule has 0 spiro atoms. The van der Waals surface area contributed by atoms with E-state index in [1.165, 1.54) is 6.21 Å². The van der Waals surface area contributed by atoms with Crippen molar-refractivity contribution in [3.05, 3.63) is 94.5 Å². The Morgan fingerprint density at radius 1 is 0.903 bits per heavy atom. The molecule has 2 N–H and O–H groups in total. The van der Waals surface area contributed by atoms with Crippen molar-refractivity contribution in [2.45, 2.75) is 6.92 Å². The first-order chi connectivity index (χ1) is 14.9. The van der Waals surface area contributed by atoms with Gasteiger partial charge in [0.15, 0.2) is 0 Å². The summed E-state index contributed by atoms with van der Waals surface area (Å²) < 4.78 is 5.32. The van der Waals surface area contributed by atoms with Crippen LogP contribution in [0.3, 0.4) is 0 Å². The lowest BCUT2D eigenvalue weighted by Gasteiger charge is -2.05. The number of ether oxygens (including phenoxy) is 1. The van der Waals surface area contributed by atoms with Crippen LogP contribution >= 0.6 is 11.6 Å². The van der Waals surface area contributed by atoms with Crippen LogP contribution in [0.4, 0.5) is 5.69 Å². The molecule has 0 atom stereocenters. The standard InChI is InChI=1S/C23H18ClN3O4/c1-15-6-10-17(11-7-15)23(30)31-18-12-8-16(9-13-18)14-25-27-22(29)21(28)26-20-5-3-2-4-19(20)24/h2-14H,1H3,(H,26,28)(H,27,29). The summed E-state index contributed by atoms with van der Waals surface area (Å²) in [5, 5.41) is 6.46. The number of rotatable bonds is 5. The molecule has 156 valence electrons. The number of hydrazone groups is 1. The molecule has 7 nitrogen and oxygen atoms in total. The monoisotopic (exact) mass is 435 g/mol. The first kappa shape index (κ1) is 21.7. The Bertz CT molecular complexity index is 1130. The van der Waals surface area contributed by atoms with Crippen LogP contribution in [0.25, 0.3) is 0 Å². The fourth-order valence-electron chi connectivity index (χ4n) is 2.44. The number of aryl methyl sites for hydroxylation is 1. The first-order valence-corrected chi connectivity index (χ1v) is 9.58. The number of anilines is 1. The van der Waals surface area contributed by atoms with Crippen LogP contribution in [0, 0.1) is 6.92 Å². The average Bonchev–Trinajstić information content (AvgIpc) is 2.77. The van der Waals surface area contributed by atoms with Gasteiger partial charge >= 0.3 is 17.8 Å². The molecular formula is C23H18ClN3O4. The molecule has 2 amide bonds. The zero-order chi connectivity index (χ0) is 22.2. The third kappa shape index (κ3) is 6.25. The molecule has 0 heterocycles. The molecule has 3 aromatic carbocycles.